The second-order valence-corrected chi connectivity index (χ2v) is 5.99. The van der Waals surface area contributed by atoms with Crippen molar-refractivity contribution < 1.29 is 4.74 Å². The van der Waals surface area contributed by atoms with Gasteiger partial charge < -0.3 is 20.7 Å². The predicted octanol–water partition coefficient (Wildman–Crippen LogP) is 2.84. The first-order chi connectivity index (χ1) is 10.2. The smallest absolute Gasteiger partial charge is 0.0726 e. The quantitative estimate of drug-likeness (QED) is 0.759. The SMILES string of the molecule is C[C@@H]1CN(c2ccc(NCCCCCN)cc2)C[C@H](C)O1. The molecule has 0 bridgehead atoms. The molecule has 1 saturated heterocycles. The second-order valence-electron chi connectivity index (χ2n) is 5.99. The number of morpholine rings is 1. The first-order valence-corrected chi connectivity index (χ1v) is 8.13. The Bertz CT molecular complexity index is 397. The van der Waals surface area contributed by atoms with E-state index < -0.39 is 0 Å². The number of anilines is 2. The molecule has 118 valence electrons. The van der Waals surface area contributed by atoms with Crippen LogP contribution in [0.15, 0.2) is 24.3 Å². The number of nitrogens with one attached hydrogen (secondary N) is 1. The largest absolute Gasteiger partial charge is 0.385 e. The van der Waals surface area contributed by atoms with Crippen molar-refractivity contribution in [1.29, 1.82) is 0 Å². The van der Waals surface area contributed by atoms with E-state index in [1.807, 2.05) is 0 Å². The van der Waals surface area contributed by atoms with Crippen molar-refractivity contribution in [3.8, 4) is 0 Å². The van der Waals surface area contributed by atoms with E-state index in [9.17, 15) is 0 Å². The topological polar surface area (TPSA) is 50.5 Å². The summed E-state index contributed by atoms with van der Waals surface area (Å²) in [4.78, 5) is 2.41. The Labute approximate surface area is 128 Å². The van der Waals surface area contributed by atoms with Gasteiger partial charge in [-0.05, 0) is 57.5 Å². The van der Waals surface area contributed by atoms with Crippen molar-refractivity contribution in [2.75, 3.05) is 36.4 Å². The Balaban J connectivity index is 1.81. The molecule has 1 heterocycles. The third-order valence-corrected chi connectivity index (χ3v) is 3.86. The van der Waals surface area contributed by atoms with Crippen LogP contribution in [0.3, 0.4) is 0 Å². The van der Waals surface area contributed by atoms with Gasteiger partial charge in [-0.2, -0.15) is 0 Å². The maximum atomic E-state index is 5.78. The molecule has 0 amide bonds. The van der Waals surface area contributed by atoms with Crippen LogP contribution in [0.25, 0.3) is 0 Å². The molecule has 21 heavy (non-hydrogen) atoms. The van der Waals surface area contributed by atoms with Crippen molar-refractivity contribution in [2.24, 2.45) is 5.73 Å². The molecule has 1 aromatic carbocycles. The van der Waals surface area contributed by atoms with E-state index in [1.165, 1.54) is 24.2 Å². The highest BCUT2D eigenvalue weighted by molar-refractivity contribution is 5.55. The van der Waals surface area contributed by atoms with Crippen LogP contribution in [-0.4, -0.2) is 38.4 Å². The Hall–Kier alpha value is -1.26. The van der Waals surface area contributed by atoms with Gasteiger partial charge in [-0.15, -0.1) is 0 Å². The molecule has 1 fully saturated rings. The molecule has 1 aliphatic heterocycles. The average Bonchev–Trinajstić information content (AvgIpc) is 2.47. The van der Waals surface area contributed by atoms with Crippen LogP contribution in [0.5, 0.6) is 0 Å². The zero-order valence-electron chi connectivity index (χ0n) is 13.3. The van der Waals surface area contributed by atoms with Crippen LogP contribution in [0.2, 0.25) is 0 Å². The van der Waals surface area contributed by atoms with E-state index >= 15 is 0 Å². The Morgan fingerprint density at radius 3 is 2.38 bits per heavy atom. The molecule has 2 atom stereocenters. The summed E-state index contributed by atoms with van der Waals surface area (Å²) in [5.41, 5.74) is 7.97. The maximum Gasteiger partial charge on any atom is 0.0726 e. The lowest BCUT2D eigenvalue weighted by Gasteiger charge is -2.36. The van der Waals surface area contributed by atoms with Gasteiger partial charge in [0.1, 0.15) is 0 Å². The summed E-state index contributed by atoms with van der Waals surface area (Å²) < 4.78 is 5.78. The van der Waals surface area contributed by atoms with Gasteiger partial charge in [-0.3, -0.25) is 0 Å². The molecule has 0 unspecified atom stereocenters. The standard InChI is InChI=1S/C17H29N3O/c1-14-12-20(13-15(2)21-14)17-8-6-16(7-9-17)19-11-5-3-4-10-18/h6-9,14-15,19H,3-5,10-13,18H2,1-2H3/t14-,15+. The van der Waals surface area contributed by atoms with Crippen LogP contribution in [0.4, 0.5) is 11.4 Å². The summed E-state index contributed by atoms with van der Waals surface area (Å²) in [6, 6.07) is 8.74. The summed E-state index contributed by atoms with van der Waals surface area (Å²) in [5, 5.41) is 3.47. The molecular formula is C17H29N3O. The number of nitrogens with two attached hydrogens (primary N) is 1. The van der Waals surface area contributed by atoms with E-state index in [0.29, 0.717) is 12.2 Å². The lowest BCUT2D eigenvalue weighted by Crippen LogP contribution is -2.45. The highest BCUT2D eigenvalue weighted by Gasteiger charge is 2.22. The number of hydrogen-bond donors (Lipinski definition) is 2. The molecule has 1 aromatic rings. The van der Waals surface area contributed by atoms with Crippen molar-refractivity contribution in [3.63, 3.8) is 0 Å². The van der Waals surface area contributed by atoms with E-state index in [4.69, 9.17) is 10.5 Å². The maximum absolute atomic E-state index is 5.78. The lowest BCUT2D eigenvalue weighted by molar-refractivity contribution is -0.00521. The monoisotopic (exact) mass is 291 g/mol. The number of unbranched alkanes of at least 4 members (excludes halogenated alkanes) is 2. The molecule has 4 nitrogen and oxygen atoms in total. The number of hydrogen-bond acceptors (Lipinski definition) is 4. The number of rotatable bonds is 7. The molecule has 0 radical (unpaired) electrons. The first-order valence-electron chi connectivity index (χ1n) is 8.13. The van der Waals surface area contributed by atoms with Crippen molar-refractivity contribution in [3.05, 3.63) is 24.3 Å². The fraction of sp³-hybridized carbons (Fsp3) is 0.647. The van der Waals surface area contributed by atoms with Crippen LogP contribution in [0, 0.1) is 0 Å². The van der Waals surface area contributed by atoms with Crippen molar-refractivity contribution in [1.82, 2.24) is 0 Å². The van der Waals surface area contributed by atoms with Gasteiger partial charge in [0.2, 0.25) is 0 Å². The summed E-state index contributed by atoms with van der Waals surface area (Å²) in [7, 11) is 0. The minimum atomic E-state index is 0.300. The fourth-order valence-electron chi connectivity index (χ4n) is 2.86. The zero-order valence-corrected chi connectivity index (χ0v) is 13.3. The van der Waals surface area contributed by atoms with Gasteiger partial charge in [0, 0.05) is 31.0 Å². The van der Waals surface area contributed by atoms with Gasteiger partial charge in [0.15, 0.2) is 0 Å². The summed E-state index contributed by atoms with van der Waals surface area (Å²) >= 11 is 0. The lowest BCUT2D eigenvalue weighted by atomic mass is 10.2. The van der Waals surface area contributed by atoms with Gasteiger partial charge in [-0.25, -0.2) is 0 Å². The number of nitrogens with zero attached hydrogens (tertiary/aromatic N) is 1. The van der Waals surface area contributed by atoms with Crippen LogP contribution < -0.4 is 16.0 Å². The minimum Gasteiger partial charge on any atom is -0.385 e. The first kappa shape index (κ1) is 16.1. The Morgan fingerprint density at radius 2 is 1.76 bits per heavy atom. The average molecular weight is 291 g/mol. The highest BCUT2D eigenvalue weighted by atomic mass is 16.5. The molecule has 2 rings (SSSR count). The number of ether oxygens (including phenoxy) is 1. The van der Waals surface area contributed by atoms with Gasteiger partial charge in [-0.1, -0.05) is 6.42 Å². The molecule has 4 heteroatoms. The van der Waals surface area contributed by atoms with E-state index in [2.05, 4.69) is 48.3 Å². The molecule has 1 aliphatic rings. The van der Waals surface area contributed by atoms with Gasteiger partial charge in [0.25, 0.3) is 0 Å². The Morgan fingerprint density at radius 1 is 1.10 bits per heavy atom. The van der Waals surface area contributed by atoms with Gasteiger partial charge >= 0.3 is 0 Å². The molecule has 0 aliphatic carbocycles. The normalized spacial score (nSPS) is 22.3. The van der Waals surface area contributed by atoms with Crippen LogP contribution in [0.1, 0.15) is 33.1 Å². The summed E-state index contributed by atoms with van der Waals surface area (Å²) in [6.45, 7) is 8.03. The third-order valence-electron chi connectivity index (χ3n) is 3.86. The summed E-state index contributed by atoms with van der Waals surface area (Å²) in [5.74, 6) is 0. The zero-order chi connectivity index (χ0) is 15.1. The van der Waals surface area contributed by atoms with Gasteiger partial charge in [0.05, 0.1) is 12.2 Å². The van der Waals surface area contributed by atoms with E-state index in [1.54, 1.807) is 0 Å². The predicted molar refractivity (Wildman–Crippen MR) is 90.1 cm³/mol. The molecule has 0 spiro atoms. The second kappa shape index (κ2) is 8.25. The third kappa shape index (κ3) is 5.21. The fourth-order valence-corrected chi connectivity index (χ4v) is 2.86. The summed E-state index contributed by atoms with van der Waals surface area (Å²) in [6.07, 6.45) is 4.10. The van der Waals surface area contributed by atoms with Crippen molar-refractivity contribution in [2.45, 2.75) is 45.3 Å². The molecule has 3 N–H and O–H groups in total. The van der Waals surface area contributed by atoms with Crippen molar-refractivity contribution >= 4 is 11.4 Å². The van der Waals surface area contributed by atoms with Crippen LogP contribution in [-0.2, 0) is 4.74 Å². The number of benzene rings is 1. The molecular weight excluding hydrogens is 262 g/mol. The minimum absolute atomic E-state index is 0.300. The van der Waals surface area contributed by atoms with E-state index in [0.717, 1.165) is 32.6 Å². The molecule has 0 aromatic heterocycles. The highest BCUT2D eigenvalue weighted by Crippen LogP contribution is 2.22. The Kier molecular flexibility index (Phi) is 6.33. The van der Waals surface area contributed by atoms with Crippen LogP contribution >= 0.6 is 0 Å². The van der Waals surface area contributed by atoms with E-state index in [-0.39, 0.29) is 0 Å². The molecule has 0 saturated carbocycles.